The van der Waals surface area contributed by atoms with Crippen molar-refractivity contribution in [1.82, 2.24) is 5.32 Å². The maximum Gasteiger partial charge on any atom is 0.326 e. The highest BCUT2D eigenvalue weighted by atomic mass is 16.4. The normalized spacial score (nSPS) is 42.1. The lowest BCUT2D eigenvalue weighted by Gasteiger charge is -2.63. The van der Waals surface area contributed by atoms with Gasteiger partial charge in [0.15, 0.2) is 0 Å². The van der Waals surface area contributed by atoms with Gasteiger partial charge in [0.1, 0.15) is 6.04 Å². The Hall–Kier alpha value is -1.96. The molecule has 0 heterocycles. The zero-order chi connectivity index (χ0) is 28.8. The van der Waals surface area contributed by atoms with E-state index in [1.54, 1.807) is 0 Å². The summed E-state index contributed by atoms with van der Waals surface area (Å²) in [4.78, 5) is 24.7. The largest absolute Gasteiger partial charge is 0.480 e. The second-order valence-corrected chi connectivity index (χ2v) is 14.2. The number of hydrogen-bond acceptors (Lipinski definition) is 5. The molecule has 0 radical (unpaired) electrons. The number of aliphatic carboxylic acids is 1. The molecule has 1 aromatic carbocycles. The molecule has 7 heteroatoms. The first-order valence-corrected chi connectivity index (χ1v) is 15.5. The number of benzene rings is 1. The van der Waals surface area contributed by atoms with Crippen molar-refractivity contribution in [3.8, 4) is 0 Å². The molecule has 4 aliphatic carbocycles. The van der Waals surface area contributed by atoms with Crippen LogP contribution in [0.5, 0.6) is 0 Å². The number of carboxylic acid groups (broad SMARTS) is 1. The van der Waals surface area contributed by atoms with Crippen LogP contribution in [-0.2, 0) is 16.0 Å². The van der Waals surface area contributed by atoms with Gasteiger partial charge in [-0.2, -0.15) is 0 Å². The van der Waals surface area contributed by atoms with E-state index in [1.165, 1.54) is 0 Å². The molecule has 4 aliphatic rings. The number of fused-ring (bicyclic) bond motifs is 5. The first-order chi connectivity index (χ1) is 18.9. The van der Waals surface area contributed by atoms with Gasteiger partial charge in [0.25, 0.3) is 0 Å². The van der Waals surface area contributed by atoms with Crippen molar-refractivity contribution < 1.29 is 30.0 Å². The molecule has 12 atom stereocenters. The Kier molecular flexibility index (Phi) is 8.40. The highest BCUT2D eigenvalue weighted by molar-refractivity contribution is 5.83. The topological polar surface area (TPSA) is 127 Å². The Balaban J connectivity index is 1.23. The molecule has 4 saturated carbocycles. The Bertz CT molecular complexity index is 1060. The lowest BCUT2D eigenvalue weighted by atomic mass is 9.43. The Morgan fingerprint density at radius 3 is 2.42 bits per heavy atom. The van der Waals surface area contributed by atoms with Crippen LogP contribution in [0.15, 0.2) is 30.3 Å². The Morgan fingerprint density at radius 1 is 1.00 bits per heavy atom. The monoisotopic (exact) mass is 555 g/mol. The fraction of sp³-hybridized carbons (Fsp3) is 0.758. The average Bonchev–Trinajstić information content (AvgIpc) is 3.27. The molecule has 0 aliphatic heterocycles. The van der Waals surface area contributed by atoms with Gasteiger partial charge in [0.05, 0.1) is 18.3 Å². The highest BCUT2D eigenvalue weighted by Crippen LogP contribution is 2.68. The van der Waals surface area contributed by atoms with E-state index in [1.807, 2.05) is 30.3 Å². The molecule has 5 rings (SSSR count). The first kappa shape index (κ1) is 29.5. The Morgan fingerprint density at radius 2 is 1.73 bits per heavy atom. The van der Waals surface area contributed by atoms with Crippen molar-refractivity contribution in [1.29, 1.82) is 0 Å². The van der Waals surface area contributed by atoms with Crippen molar-refractivity contribution in [3.63, 3.8) is 0 Å². The zero-order valence-electron chi connectivity index (χ0n) is 24.3. The lowest BCUT2D eigenvalue weighted by Crippen LogP contribution is -2.62. The number of amides is 1. The van der Waals surface area contributed by atoms with Crippen LogP contribution in [0.3, 0.4) is 0 Å². The second-order valence-electron chi connectivity index (χ2n) is 14.2. The molecule has 5 N–H and O–H groups in total. The molecule has 4 fully saturated rings. The number of aliphatic hydroxyl groups excluding tert-OH is 3. The molecule has 222 valence electrons. The quantitative estimate of drug-likeness (QED) is 0.328. The molecule has 1 aromatic rings. The van der Waals surface area contributed by atoms with Gasteiger partial charge in [-0.05, 0) is 103 Å². The predicted octanol–water partition coefficient (Wildman–Crippen LogP) is 4.18. The summed E-state index contributed by atoms with van der Waals surface area (Å²) in [6.45, 7) is 6.73. The highest BCUT2D eigenvalue weighted by Gasteiger charge is 2.65. The molecule has 0 unspecified atom stereocenters. The number of carbonyl (C=O) groups excluding carboxylic acids is 1. The third-order valence-corrected chi connectivity index (χ3v) is 12.3. The minimum Gasteiger partial charge on any atom is -0.480 e. The van der Waals surface area contributed by atoms with Gasteiger partial charge in [0.2, 0.25) is 5.91 Å². The first-order valence-electron chi connectivity index (χ1n) is 15.5. The van der Waals surface area contributed by atoms with Crippen LogP contribution >= 0.6 is 0 Å². The number of carboxylic acids is 1. The summed E-state index contributed by atoms with van der Waals surface area (Å²) in [7, 11) is 0. The van der Waals surface area contributed by atoms with Gasteiger partial charge in [-0.25, -0.2) is 4.79 Å². The maximum absolute atomic E-state index is 12.8. The van der Waals surface area contributed by atoms with Crippen LogP contribution < -0.4 is 5.32 Å². The van der Waals surface area contributed by atoms with Crippen LogP contribution in [0.4, 0.5) is 0 Å². The van der Waals surface area contributed by atoms with Crippen LogP contribution in [0.1, 0.15) is 84.1 Å². The molecular weight excluding hydrogens is 506 g/mol. The summed E-state index contributed by atoms with van der Waals surface area (Å²) < 4.78 is 0. The van der Waals surface area contributed by atoms with Gasteiger partial charge in [-0.15, -0.1) is 0 Å². The standard InChI is InChI=1S/C33H49NO6/c1-19(9-12-29(38)34-26(31(39)40)15-20-7-5-4-6-8-20)23-10-11-24-30-25(18-28(37)33(23,24)3)32(2)14-13-22(35)16-21(32)17-27(30)36/h4-8,19,21-28,30,35-37H,9-18H2,1-3H3,(H,34,38)(H,39,40)/t19-,21+,22-,23-,24+,25+,26+,27-,28+,30+,32+,33-/m1/s1. The van der Waals surface area contributed by atoms with Crippen molar-refractivity contribution in [3.05, 3.63) is 35.9 Å². The third kappa shape index (κ3) is 5.22. The van der Waals surface area contributed by atoms with E-state index in [9.17, 15) is 30.0 Å². The van der Waals surface area contributed by atoms with E-state index >= 15 is 0 Å². The van der Waals surface area contributed by atoms with E-state index in [0.717, 1.165) is 44.1 Å². The second kappa shape index (κ2) is 11.4. The van der Waals surface area contributed by atoms with Crippen molar-refractivity contribution in [2.75, 3.05) is 0 Å². The van der Waals surface area contributed by atoms with Crippen LogP contribution in [0.2, 0.25) is 0 Å². The minimum absolute atomic E-state index is 0.0493. The van der Waals surface area contributed by atoms with Crippen molar-refractivity contribution in [2.45, 2.75) is 109 Å². The summed E-state index contributed by atoms with van der Waals surface area (Å²) in [6, 6.07) is 8.36. The van der Waals surface area contributed by atoms with E-state index in [-0.39, 0.29) is 65.3 Å². The van der Waals surface area contributed by atoms with Gasteiger partial charge in [-0.3, -0.25) is 4.79 Å². The number of nitrogens with one attached hydrogen (secondary N) is 1. The van der Waals surface area contributed by atoms with Crippen LogP contribution in [0, 0.1) is 46.3 Å². The zero-order valence-corrected chi connectivity index (χ0v) is 24.3. The SMILES string of the molecule is C[C@H](CCC(=O)N[C@@H](Cc1ccccc1)C(=O)O)[C@H]1CC[C@H]2[C@@H]3[C@H](O)C[C@@H]4C[C@H](O)CC[C@]4(C)[C@H]3C[C@H](O)[C@]12C. The average molecular weight is 556 g/mol. The van der Waals surface area contributed by atoms with Gasteiger partial charge >= 0.3 is 5.97 Å². The Labute approximate surface area is 238 Å². The fourth-order valence-corrected chi connectivity index (χ4v) is 10.0. The minimum atomic E-state index is -1.04. The fourth-order valence-electron chi connectivity index (χ4n) is 10.0. The summed E-state index contributed by atoms with van der Waals surface area (Å²) in [6.07, 6.45) is 5.91. The molecule has 1 amide bonds. The number of hydrogen-bond donors (Lipinski definition) is 5. The summed E-state index contributed by atoms with van der Waals surface area (Å²) in [5, 5.41) is 45.9. The van der Waals surface area contributed by atoms with Gasteiger partial charge in [0, 0.05) is 12.8 Å². The van der Waals surface area contributed by atoms with Crippen molar-refractivity contribution >= 4 is 11.9 Å². The smallest absolute Gasteiger partial charge is 0.326 e. The maximum atomic E-state index is 12.8. The van der Waals surface area contributed by atoms with E-state index < -0.39 is 24.2 Å². The number of aliphatic hydroxyl groups is 3. The van der Waals surface area contributed by atoms with Gasteiger partial charge < -0.3 is 25.7 Å². The summed E-state index contributed by atoms with van der Waals surface area (Å²) in [5.41, 5.74) is 0.604. The van der Waals surface area contributed by atoms with Crippen LogP contribution in [0.25, 0.3) is 0 Å². The molecule has 7 nitrogen and oxygen atoms in total. The molecule has 0 aromatic heterocycles. The third-order valence-electron chi connectivity index (χ3n) is 12.3. The molecular formula is C33H49NO6. The summed E-state index contributed by atoms with van der Waals surface area (Å²) >= 11 is 0. The van der Waals surface area contributed by atoms with Crippen molar-refractivity contribution in [2.24, 2.45) is 46.3 Å². The molecule has 0 saturated heterocycles. The van der Waals surface area contributed by atoms with Gasteiger partial charge in [-0.1, -0.05) is 51.1 Å². The molecule has 0 spiro atoms. The van der Waals surface area contributed by atoms with E-state index in [0.29, 0.717) is 18.8 Å². The van der Waals surface area contributed by atoms with Crippen LogP contribution in [-0.4, -0.2) is 56.7 Å². The number of carbonyl (C=O) groups is 2. The lowest BCUT2D eigenvalue weighted by molar-refractivity contribution is -0.207. The number of rotatable bonds is 8. The summed E-state index contributed by atoms with van der Waals surface area (Å²) in [5.74, 6) is 0.120. The van der Waals surface area contributed by atoms with E-state index in [2.05, 4.69) is 26.1 Å². The molecule has 0 bridgehead atoms. The predicted molar refractivity (Wildman–Crippen MR) is 152 cm³/mol. The van der Waals surface area contributed by atoms with E-state index in [4.69, 9.17) is 0 Å². The molecule has 40 heavy (non-hydrogen) atoms.